The minimum absolute atomic E-state index is 0.0109. The van der Waals surface area contributed by atoms with E-state index in [4.69, 9.17) is 4.74 Å². The summed E-state index contributed by atoms with van der Waals surface area (Å²) in [5.74, 6) is 0.00890. The van der Waals surface area contributed by atoms with E-state index < -0.39 is 17.5 Å². The number of aliphatic hydroxyl groups excluding tert-OH is 1. The van der Waals surface area contributed by atoms with Crippen LogP contribution in [0.5, 0.6) is 0 Å². The minimum atomic E-state index is -0.597. The largest absolute Gasteiger partial charge is 0.394 e. The molecule has 0 bridgehead atoms. The number of unbranched alkanes of at least 4 members (excludes halogenated alkanes) is 3. The van der Waals surface area contributed by atoms with E-state index >= 15 is 0 Å². The normalized spacial score (nSPS) is 21.1. The predicted molar refractivity (Wildman–Crippen MR) is 141 cm³/mol. The molecule has 0 spiro atoms. The molecule has 2 heterocycles. The van der Waals surface area contributed by atoms with Gasteiger partial charge in [0.15, 0.2) is 0 Å². The van der Waals surface area contributed by atoms with Crippen LogP contribution in [-0.2, 0) is 14.3 Å². The molecule has 1 aliphatic heterocycles. The van der Waals surface area contributed by atoms with E-state index in [0.29, 0.717) is 25.9 Å². The van der Waals surface area contributed by atoms with Gasteiger partial charge in [-0.25, -0.2) is 4.79 Å². The van der Waals surface area contributed by atoms with Gasteiger partial charge < -0.3 is 20.5 Å². The molecule has 0 radical (unpaired) electrons. The second kappa shape index (κ2) is 13.9. The number of nitrogens with zero attached hydrogens (tertiary/aromatic N) is 1. The third-order valence-electron chi connectivity index (χ3n) is 6.79. The van der Waals surface area contributed by atoms with Crippen molar-refractivity contribution in [2.75, 3.05) is 19.7 Å². The lowest BCUT2D eigenvalue weighted by atomic mass is 9.89. The molecule has 1 aliphatic carbocycles. The van der Waals surface area contributed by atoms with Gasteiger partial charge in [-0.2, -0.15) is 0 Å². The van der Waals surface area contributed by atoms with Gasteiger partial charge in [-0.1, -0.05) is 44.9 Å². The van der Waals surface area contributed by atoms with Crippen LogP contribution in [0.4, 0.5) is 0 Å². The van der Waals surface area contributed by atoms with Crippen LogP contribution in [0.1, 0.15) is 64.2 Å². The Morgan fingerprint density at radius 3 is 2.54 bits per heavy atom. The molecular weight excluding hydrogens is 476 g/mol. The van der Waals surface area contributed by atoms with Crippen molar-refractivity contribution in [3.63, 3.8) is 0 Å². The van der Waals surface area contributed by atoms with Crippen molar-refractivity contribution in [1.29, 1.82) is 0 Å². The molecule has 10 nitrogen and oxygen atoms in total. The highest BCUT2D eigenvalue weighted by Crippen LogP contribution is 2.36. The van der Waals surface area contributed by atoms with Crippen LogP contribution in [0, 0.1) is 11.8 Å². The summed E-state index contributed by atoms with van der Waals surface area (Å²) in [5, 5.41) is 15.3. The van der Waals surface area contributed by atoms with Crippen LogP contribution in [0.25, 0.3) is 6.08 Å². The Balaban J connectivity index is 1.40. The molecule has 0 saturated carbocycles. The van der Waals surface area contributed by atoms with Crippen molar-refractivity contribution in [3.8, 4) is 0 Å². The lowest BCUT2D eigenvalue weighted by Crippen LogP contribution is -2.33. The molecule has 3 rings (SSSR count). The van der Waals surface area contributed by atoms with Crippen LogP contribution >= 0.6 is 0 Å². The van der Waals surface area contributed by atoms with Gasteiger partial charge in [0.05, 0.1) is 18.3 Å². The number of hydrogen-bond donors (Lipinski definition) is 4. The van der Waals surface area contributed by atoms with Gasteiger partial charge in [-0.15, -0.1) is 0 Å². The zero-order valence-corrected chi connectivity index (χ0v) is 21.6. The monoisotopic (exact) mass is 514 g/mol. The maximum absolute atomic E-state index is 12.4. The Kier molecular flexibility index (Phi) is 10.6. The fourth-order valence-corrected chi connectivity index (χ4v) is 4.61. The average molecular weight is 515 g/mol. The molecule has 202 valence electrons. The second-order valence-corrected chi connectivity index (χ2v) is 9.82. The maximum atomic E-state index is 12.4. The van der Waals surface area contributed by atoms with Gasteiger partial charge >= 0.3 is 5.69 Å². The summed E-state index contributed by atoms with van der Waals surface area (Å²) in [5.41, 5.74) is -0.225. The topological polar surface area (TPSA) is 143 Å². The number of H-pyrrole nitrogens is 1. The molecule has 2 amide bonds. The molecular formula is C27H38N4O6. The summed E-state index contributed by atoms with van der Waals surface area (Å²) in [4.78, 5) is 51.0. The number of aromatic amines is 1. The summed E-state index contributed by atoms with van der Waals surface area (Å²) in [6.07, 6.45) is 13.5. The minimum Gasteiger partial charge on any atom is -0.394 e. The Morgan fingerprint density at radius 1 is 1.19 bits per heavy atom. The average Bonchev–Trinajstić information content (AvgIpc) is 3.55. The Bertz CT molecular complexity index is 1150. The number of ether oxygens (including phenoxy) is 1. The lowest BCUT2D eigenvalue weighted by Gasteiger charge is -2.18. The SMILES string of the molecule is CC(C)C1CC(n2cc(/C=C/C(=O)NCCCCCCNC(=O)C3=CC=CC3)c(=O)[nH]c2=O)OC1CO. The standard InChI is InChI=1S/C27H38N4O6/c1-18(2)21-15-24(37-22(21)17-32)31-16-20(26(35)30-27(31)36)11-12-23(33)28-13-7-3-4-8-14-29-25(34)19-9-5-6-10-19/h5-6,9,11-12,16,18,21-22,24,32H,3-4,7-8,10,13-15,17H2,1-2H3,(H,28,33)(H,29,34)(H,30,35,36)/b12-11+. The zero-order chi connectivity index (χ0) is 26.8. The molecule has 1 aromatic rings. The van der Waals surface area contributed by atoms with Crippen LogP contribution < -0.4 is 21.9 Å². The first-order valence-corrected chi connectivity index (χ1v) is 13.0. The Hall–Kier alpha value is -3.24. The number of nitrogens with one attached hydrogen (secondary N) is 3. The summed E-state index contributed by atoms with van der Waals surface area (Å²) in [7, 11) is 0. The highest BCUT2D eigenvalue weighted by atomic mass is 16.5. The fourth-order valence-electron chi connectivity index (χ4n) is 4.61. The molecule has 1 fully saturated rings. The number of allylic oxidation sites excluding steroid dienone is 3. The quantitative estimate of drug-likeness (QED) is 0.233. The third kappa shape index (κ3) is 8.13. The van der Waals surface area contributed by atoms with Gasteiger partial charge in [-0.05, 0) is 43.6 Å². The first kappa shape index (κ1) is 28.3. The van der Waals surface area contributed by atoms with E-state index in [1.54, 1.807) is 0 Å². The number of carbonyl (C=O) groups is 2. The van der Waals surface area contributed by atoms with E-state index in [2.05, 4.69) is 15.6 Å². The van der Waals surface area contributed by atoms with Crippen molar-refractivity contribution >= 4 is 17.9 Å². The molecule has 1 aromatic heterocycles. The molecule has 10 heteroatoms. The molecule has 0 aromatic carbocycles. The second-order valence-electron chi connectivity index (χ2n) is 9.82. The first-order valence-electron chi connectivity index (χ1n) is 13.0. The third-order valence-corrected chi connectivity index (χ3v) is 6.79. The highest BCUT2D eigenvalue weighted by Gasteiger charge is 2.37. The van der Waals surface area contributed by atoms with Gasteiger partial charge in [0.2, 0.25) is 11.8 Å². The molecule has 37 heavy (non-hydrogen) atoms. The van der Waals surface area contributed by atoms with Gasteiger partial charge in [0, 0.05) is 30.9 Å². The number of amides is 2. The number of carbonyl (C=O) groups excluding carboxylic acids is 2. The summed E-state index contributed by atoms with van der Waals surface area (Å²) >= 11 is 0. The van der Waals surface area contributed by atoms with Gasteiger partial charge in [-0.3, -0.25) is 23.9 Å². The number of aromatic nitrogens is 2. The van der Waals surface area contributed by atoms with Crippen molar-refractivity contribution < 1.29 is 19.4 Å². The molecule has 1 saturated heterocycles. The lowest BCUT2D eigenvalue weighted by molar-refractivity contribution is -0.118. The Morgan fingerprint density at radius 2 is 1.92 bits per heavy atom. The van der Waals surface area contributed by atoms with E-state index in [1.165, 1.54) is 22.9 Å². The van der Waals surface area contributed by atoms with Crippen LogP contribution in [0.2, 0.25) is 0 Å². The van der Waals surface area contributed by atoms with Crippen molar-refractivity contribution in [2.45, 2.75) is 64.7 Å². The zero-order valence-electron chi connectivity index (χ0n) is 21.6. The highest BCUT2D eigenvalue weighted by molar-refractivity contribution is 5.94. The Labute approximate surface area is 216 Å². The maximum Gasteiger partial charge on any atom is 0.330 e. The van der Waals surface area contributed by atoms with E-state index in [9.17, 15) is 24.3 Å². The molecule has 3 atom stereocenters. The van der Waals surface area contributed by atoms with E-state index in [1.807, 2.05) is 32.1 Å². The molecule has 2 aliphatic rings. The number of aliphatic hydroxyl groups is 1. The van der Waals surface area contributed by atoms with Crippen LogP contribution in [0.15, 0.2) is 45.7 Å². The summed E-state index contributed by atoms with van der Waals surface area (Å²) in [6, 6.07) is 0. The van der Waals surface area contributed by atoms with Crippen LogP contribution in [-0.4, -0.2) is 52.3 Å². The van der Waals surface area contributed by atoms with Crippen LogP contribution in [0.3, 0.4) is 0 Å². The number of rotatable bonds is 13. The molecule has 3 unspecified atom stereocenters. The van der Waals surface area contributed by atoms with E-state index in [-0.39, 0.29) is 41.9 Å². The smallest absolute Gasteiger partial charge is 0.330 e. The summed E-state index contributed by atoms with van der Waals surface area (Å²) in [6.45, 7) is 5.06. The van der Waals surface area contributed by atoms with Gasteiger partial charge in [0.25, 0.3) is 5.56 Å². The van der Waals surface area contributed by atoms with E-state index in [0.717, 1.165) is 31.3 Å². The van der Waals surface area contributed by atoms with Crippen molar-refractivity contribution in [3.05, 3.63) is 62.5 Å². The molecule has 4 N–H and O–H groups in total. The fraction of sp³-hybridized carbons (Fsp3) is 0.556. The van der Waals surface area contributed by atoms with Crippen molar-refractivity contribution in [2.24, 2.45) is 11.8 Å². The van der Waals surface area contributed by atoms with Gasteiger partial charge in [0.1, 0.15) is 6.23 Å². The van der Waals surface area contributed by atoms with Crippen molar-refractivity contribution in [1.82, 2.24) is 20.2 Å². The predicted octanol–water partition coefficient (Wildman–Crippen LogP) is 1.78. The summed E-state index contributed by atoms with van der Waals surface area (Å²) < 4.78 is 7.18. The number of hydrogen-bond acceptors (Lipinski definition) is 6. The first-order chi connectivity index (χ1) is 17.8.